The standard InChI is InChI=1S/C21H20N6OS.C6H3ClN2S/c28-20-3-1-2-9-27(20)16-6-7-19(22-12-16)24-14-4-5-15(11-14)25-21-23-13-18-17(26-21)8-10-29-18;7-6-8-3-5-4(9-6)1-2-10-5/h1-3,6-10,12-15H,4-5,11H2,(H,22,24)(H,23,25,26);1-3H/t14-,15-;/m0./s1. The van der Waals surface area contributed by atoms with E-state index >= 15 is 0 Å². The molecule has 9 nitrogen and oxygen atoms in total. The fourth-order valence-corrected chi connectivity index (χ4v) is 5.99. The third-order valence-electron chi connectivity index (χ3n) is 6.34. The summed E-state index contributed by atoms with van der Waals surface area (Å²) in [7, 11) is 0. The molecular weight excluding hydrogens is 552 g/mol. The van der Waals surface area contributed by atoms with E-state index in [1.54, 1.807) is 51.9 Å². The zero-order valence-corrected chi connectivity index (χ0v) is 23.0. The molecule has 2 N–H and O–H groups in total. The van der Waals surface area contributed by atoms with Gasteiger partial charge in [-0.1, -0.05) is 6.07 Å². The summed E-state index contributed by atoms with van der Waals surface area (Å²) in [5.41, 5.74) is 2.60. The molecule has 1 saturated carbocycles. The number of thiophene rings is 2. The van der Waals surface area contributed by atoms with Crippen LogP contribution in [0, 0.1) is 0 Å². The number of halogens is 1. The molecular formula is C27H23ClN8OS2. The number of aromatic nitrogens is 6. The third kappa shape index (κ3) is 6.06. The Labute approximate surface area is 236 Å². The van der Waals surface area contributed by atoms with Crippen molar-refractivity contribution in [2.24, 2.45) is 0 Å². The Balaban J connectivity index is 0.000000231. The molecule has 2 atom stereocenters. The number of nitrogens with one attached hydrogen (secondary N) is 2. The smallest absolute Gasteiger partial charge is 0.255 e. The van der Waals surface area contributed by atoms with E-state index in [-0.39, 0.29) is 5.56 Å². The van der Waals surface area contributed by atoms with Gasteiger partial charge >= 0.3 is 0 Å². The molecule has 1 aliphatic rings. The predicted molar refractivity (Wildman–Crippen MR) is 158 cm³/mol. The van der Waals surface area contributed by atoms with Crippen LogP contribution in [0.3, 0.4) is 0 Å². The summed E-state index contributed by atoms with van der Waals surface area (Å²) in [6.45, 7) is 0. The molecule has 12 heteroatoms. The number of hydrogen-bond donors (Lipinski definition) is 2. The lowest BCUT2D eigenvalue weighted by atomic mass is 10.2. The molecule has 6 aromatic rings. The summed E-state index contributed by atoms with van der Waals surface area (Å²) >= 11 is 8.82. The highest BCUT2D eigenvalue weighted by Gasteiger charge is 2.25. The van der Waals surface area contributed by atoms with Gasteiger partial charge < -0.3 is 10.6 Å². The van der Waals surface area contributed by atoms with Crippen molar-refractivity contribution < 1.29 is 0 Å². The van der Waals surface area contributed by atoms with Crippen molar-refractivity contribution in [3.05, 3.63) is 93.6 Å². The van der Waals surface area contributed by atoms with Gasteiger partial charge in [0, 0.05) is 30.5 Å². The van der Waals surface area contributed by atoms with E-state index in [2.05, 4.69) is 35.6 Å². The molecule has 1 fully saturated rings. The molecule has 39 heavy (non-hydrogen) atoms. The second-order valence-corrected chi connectivity index (χ2v) is 11.2. The zero-order chi connectivity index (χ0) is 26.6. The van der Waals surface area contributed by atoms with E-state index in [0.717, 1.165) is 51.2 Å². The van der Waals surface area contributed by atoms with Gasteiger partial charge in [-0.15, -0.1) is 22.7 Å². The Hall–Kier alpha value is -3.93. The molecule has 0 bridgehead atoms. The fraction of sp³-hybridized carbons (Fsp3) is 0.185. The van der Waals surface area contributed by atoms with Crippen molar-refractivity contribution in [2.45, 2.75) is 31.3 Å². The number of hydrogen-bond acceptors (Lipinski definition) is 10. The summed E-state index contributed by atoms with van der Waals surface area (Å²) < 4.78 is 3.76. The Morgan fingerprint density at radius 3 is 2.31 bits per heavy atom. The Bertz CT molecular complexity index is 1770. The lowest BCUT2D eigenvalue weighted by Gasteiger charge is -2.15. The number of pyridine rings is 2. The second-order valence-electron chi connectivity index (χ2n) is 8.98. The van der Waals surface area contributed by atoms with Crippen LogP contribution in [0.4, 0.5) is 11.8 Å². The highest BCUT2D eigenvalue weighted by atomic mass is 35.5. The van der Waals surface area contributed by atoms with Crippen LogP contribution in [-0.4, -0.2) is 41.6 Å². The van der Waals surface area contributed by atoms with Crippen molar-refractivity contribution >= 4 is 66.5 Å². The summed E-state index contributed by atoms with van der Waals surface area (Å²) in [5.74, 6) is 1.51. The van der Waals surface area contributed by atoms with Gasteiger partial charge in [0.15, 0.2) is 0 Å². The molecule has 7 rings (SSSR count). The van der Waals surface area contributed by atoms with Crippen molar-refractivity contribution in [1.82, 2.24) is 29.5 Å². The first-order chi connectivity index (χ1) is 19.1. The lowest BCUT2D eigenvalue weighted by molar-refractivity contribution is 0.717. The summed E-state index contributed by atoms with van der Waals surface area (Å²) in [4.78, 5) is 33.3. The van der Waals surface area contributed by atoms with Crippen LogP contribution in [0.1, 0.15) is 19.3 Å². The molecule has 0 radical (unpaired) electrons. The summed E-state index contributed by atoms with van der Waals surface area (Å²) in [5, 5.41) is 11.3. The average Bonchev–Trinajstić information content (AvgIpc) is 3.71. The minimum Gasteiger partial charge on any atom is -0.367 e. The number of anilines is 2. The quantitative estimate of drug-likeness (QED) is 0.240. The van der Waals surface area contributed by atoms with Gasteiger partial charge in [0.1, 0.15) is 5.82 Å². The van der Waals surface area contributed by atoms with Gasteiger partial charge in [-0.2, -0.15) is 0 Å². The van der Waals surface area contributed by atoms with E-state index in [9.17, 15) is 4.79 Å². The van der Waals surface area contributed by atoms with Gasteiger partial charge in [-0.25, -0.2) is 24.9 Å². The van der Waals surface area contributed by atoms with Gasteiger partial charge in [0.2, 0.25) is 11.2 Å². The van der Waals surface area contributed by atoms with Gasteiger partial charge in [0.25, 0.3) is 5.56 Å². The largest absolute Gasteiger partial charge is 0.367 e. The minimum atomic E-state index is -0.0671. The Kier molecular flexibility index (Phi) is 7.44. The first-order valence-corrected chi connectivity index (χ1v) is 14.5. The topological polar surface area (TPSA) is 111 Å². The Morgan fingerprint density at radius 1 is 0.821 bits per heavy atom. The zero-order valence-electron chi connectivity index (χ0n) is 20.6. The van der Waals surface area contributed by atoms with Crippen LogP contribution in [0.25, 0.3) is 26.1 Å². The lowest BCUT2D eigenvalue weighted by Crippen LogP contribution is -2.22. The molecule has 1 aliphatic carbocycles. The molecule has 0 unspecified atom stereocenters. The van der Waals surface area contributed by atoms with Crippen LogP contribution in [-0.2, 0) is 0 Å². The van der Waals surface area contributed by atoms with E-state index in [1.165, 1.54) is 6.07 Å². The molecule has 0 aliphatic heterocycles. The van der Waals surface area contributed by atoms with E-state index < -0.39 is 0 Å². The SMILES string of the molecule is Clc1ncc2sccc2n1.O=c1ccccn1-c1ccc(N[C@H]2CC[C@H](Nc3ncc4sccc4n3)C2)nc1. The maximum atomic E-state index is 11.9. The first-order valence-electron chi connectivity index (χ1n) is 12.3. The molecule has 0 spiro atoms. The van der Waals surface area contributed by atoms with Crippen molar-refractivity contribution in [2.75, 3.05) is 10.6 Å². The van der Waals surface area contributed by atoms with Gasteiger partial charge in [-0.05, 0) is 72.0 Å². The van der Waals surface area contributed by atoms with E-state index in [1.807, 2.05) is 47.3 Å². The Morgan fingerprint density at radius 2 is 1.56 bits per heavy atom. The van der Waals surface area contributed by atoms with E-state index in [0.29, 0.717) is 23.3 Å². The highest BCUT2D eigenvalue weighted by Crippen LogP contribution is 2.26. The van der Waals surface area contributed by atoms with Crippen LogP contribution >= 0.6 is 34.3 Å². The van der Waals surface area contributed by atoms with Gasteiger partial charge in [-0.3, -0.25) is 9.36 Å². The molecule has 0 saturated heterocycles. The van der Waals surface area contributed by atoms with Crippen LogP contribution in [0.5, 0.6) is 0 Å². The van der Waals surface area contributed by atoms with Crippen molar-refractivity contribution in [1.29, 1.82) is 0 Å². The van der Waals surface area contributed by atoms with Crippen LogP contribution in [0.2, 0.25) is 5.28 Å². The average molecular weight is 575 g/mol. The predicted octanol–water partition coefficient (Wildman–Crippen LogP) is 6.03. The molecule has 6 heterocycles. The first kappa shape index (κ1) is 25.4. The molecule has 0 amide bonds. The number of nitrogens with zero attached hydrogens (tertiary/aromatic N) is 6. The molecule has 6 aromatic heterocycles. The molecule has 0 aromatic carbocycles. The maximum Gasteiger partial charge on any atom is 0.255 e. The summed E-state index contributed by atoms with van der Waals surface area (Å²) in [6, 6.07) is 13.6. The van der Waals surface area contributed by atoms with E-state index in [4.69, 9.17) is 11.6 Å². The minimum absolute atomic E-state index is 0.0671. The second kappa shape index (κ2) is 11.4. The van der Waals surface area contributed by atoms with Gasteiger partial charge in [0.05, 0.1) is 38.5 Å². The fourth-order valence-electron chi connectivity index (χ4n) is 4.47. The molecule has 196 valence electrons. The monoisotopic (exact) mass is 574 g/mol. The van der Waals surface area contributed by atoms with Crippen LogP contribution < -0.4 is 16.2 Å². The van der Waals surface area contributed by atoms with Crippen molar-refractivity contribution in [3.63, 3.8) is 0 Å². The number of rotatable bonds is 5. The van der Waals surface area contributed by atoms with Crippen molar-refractivity contribution in [3.8, 4) is 5.69 Å². The highest BCUT2D eigenvalue weighted by molar-refractivity contribution is 7.17. The van der Waals surface area contributed by atoms with Crippen LogP contribution in [0.15, 0.2) is 82.8 Å². The summed E-state index contributed by atoms with van der Waals surface area (Å²) in [6.07, 6.45) is 10.2. The maximum absolute atomic E-state index is 11.9. The third-order valence-corrected chi connectivity index (χ3v) is 8.21. The normalized spacial score (nSPS) is 16.6. The number of fused-ring (bicyclic) bond motifs is 2.